The molecular weight excluding hydrogens is 350 g/mol. The number of nitrogens with zero attached hydrogens (tertiary/aromatic N) is 1. The van der Waals surface area contributed by atoms with Crippen LogP contribution in [0.5, 0.6) is 23.0 Å². The number of rotatable bonds is 9. The van der Waals surface area contributed by atoms with Crippen LogP contribution < -0.4 is 18.9 Å². The summed E-state index contributed by atoms with van der Waals surface area (Å²) in [7, 11) is 6.29. The molecule has 2 rings (SSSR count). The van der Waals surface area contributed by atoms with Crippen LogP contribution in [-0.4, -0.2) is 33.4 Å². The molecule has 0 saturated heterocycles. The van der Waals surface area contributed by atoms with Crippen molar-refractivity contribution in [2.75, 3.05) is 28.4 Å². The van der Waals surface area contributed by atoms with Crippen molar-refractivity contribution in [1.29, 1.82) is 0 Å². The topological polar surface area (TPSA) is 80.1 Å². The summed E-state index contributed by atoms with van der Waals surface area (Å²) in [6.45, 7) is 0. The van der Waals surface area contributed by atoms with Crippen LogP contribution in [0.3, 0.4) is 0 Å². The van der Waals surface area contributed by atoms with Gasteiger partial charge in [-0.25, -0.2) is 0 Å². The Hall–Kier alpha value is -3.22. The van der Waals surface area contributed by atoms with Crippen LogP contribution in [0.4, 0.5) is 0 Å². The molecule has 0 radical (unpaired) electrons. The third kappa shape index (κ3) is 4.91. The Morgan fingerprint density at radius 2 is 1.56 bits per heavy atom. The number of benzene rings is 2. The molecule has 7 nitrogen and oxygen atoms in total. The maximum absolute atomic E-state index is 10.7. The molecule has 0 saturated carbocycles. The van der Waals surface area contributed by atoms with Gasteiger partial charge in [0, 0.05) is 11.6 Å². The Morgan fingerprint density at radius 1 is 0.889 bits per heavy atom. The van der Waals surface area contributed by atoms with Gasteiger partial charge in [0.25, 0.3) is 0 Å². The average Bonchev–Trinajstić information content (AvgIpc) is 2.69. The highest BCUT2D eigenvalue weighted by Crippen LogP contribution is 2.35. The van der Waals surface area contributed by atoms with E-state index in [0.29, 0.717) is 41.4 Å². The molecule has 0 aliphatic heterocycles. The quantitative estimate of drug-likeness (QED) is 0.492. The number of hydrogen-bond acceptors (Lipinski definition) is 6. The first-order chi connectivity index (χ1) is 13.0. The largest absolute Gasteiger partial charge is 0.493 e. The Bertz CT molecular complexity index is 831. The fourth-order valence-corrected chi connectivity index (χ4v) is 2.87. The number of nitro groups is 1. The summed E-state index contributed by atoms with van der Waals surface area (Å²) in [4.78, 5) is 10.2. The summed E-state index contributed by atoms with van der Waals surface area (Å²) < 4.78 is 21.5. The first-order valence-electron chi connectivity index (χ1n) is 8.30. The van der Waals surface area contributed by atoms with E-state index in [2.05, 4.69) is 0 Å². The van der Waals surface area contributed by atoms with Gasteiger partial charge in [0.1, 0.15) is 0 Å². The lowest BCUT2D eigenvalue weighted by Gasteiger charge is -2.16. The number of aryl methyl sites for hydroxylation is 1. The maximum atomic E-state index is 10.7. The summed E-state index contributed by atoms with van der Waals surface area (Å²) in [5.74, 6) is 2.47. The van der Waals surface area contributed by atoms with Crippen LogP contribution in [0.15, 0.2) is 36.5 Å². The number of ether oxygens (including phenoxy) is 4. The summed E-state index contributed by atoms with van der Waals surface area (Å²) in [6.07, 6.45) is 3.67. The molecule has 0 unspecified atom stereocenters. The Kier molecular flexibility index (Phi) is 7.05. The van der Waals surface area contributed by atoms with E-state index >= 15 is 0 Å². The van der Waals surface area contributed by atoms with Gasteiger partial charge in [-0.15, -0.1) is 0 Å². The molecule has 0 amide bonds. The summed E-state index contributed by atoms with van der Waals surface area (Å²) >= 11 is 0. The zero-order valence-corrected chi connectivity index (χ0v) is 15.9. The normalized spacial score (nSPS) is 10.7. The smallest absolute Gasteiger partial charge is 0.235 e. The molecule has 0 aliphatic rings. The van der Waals surface area contributed by atoms with E-state index in [1.54, 1.807) is 40.6 Å². The van der Waals surface area contributed by atoms with Crippen molar-refractivity contribution in [2.45, 2.75) is 12.8 Å². The Morgan fingerprint density at radius 3 is 2.15 bits per heavy atom. The van der Waals surface area contributed by atoms with Crippen LogP contribution in [0.25, 0.3) is 6.08 Å². The molecule has 0 spiro atoms. The van der Waals surface area contributed by atoms with Crippen molar-refractivity contribution in [3.8, 4) is 23.0 Å². The molecule has 0 aliphatic carbocycles. The average molecular weight is 373 g/mol. The zero-order valence-electron chi connectivity index (χ0n) is 15.9. The lowest BCUT2D eigenvalue weighted by atomic mass is 9.98. The molecule has 144 valence electrons. The third-order valence-corrected chi connectivity index (χ3v) is 4.17. The molecule has 0 aromatic heterocycles. The van der Waals surface area contributed by atoms with Crippen molar-refractivity contribution < 1.29 is 23.9 Å². The van der Waals surface area contributed by atoms with E-state index in [0.717, 1.165) is 17.3 Å². The van der Waals surface area contributed by atoms with Gasteiger partial charge in [-0.2, -0.15) is 0 Å². The van der Waals surface area contributed by atoms with Crippen molar-refractivity contribution in [3.05, 3.63) is 63.3 Å². The van der Waals surface area contributed by atoms with E-state index in [9.17, 15) is 10.1 Å². The summed E-state index contributed by atoms with van der Waals surface area (Å²) in [5, 5.41) is 10.7. The molecule has 0 bridgehead atoms. The monoisotopic (exact) mass is 373 g/mol. The SMILES string of the molecule is COc1ccc(CCc2c(/C=C/[N+](=O)[O-])ccc(OC)c2OC)cc1OC. The lowest BCUT2D eigenvalue weighted by molar-refractivity contribution is -0.400. The van der Waals surface area contributed by atoms with E-state index < -0.39 is 4.92 Å². The molecule has 2 aromatic rings. The maximum Gasteiger partial charge on any atom is 0.235 e. The predicted molar refractivity (Wildman–Crippen MR) is 103 cm³/mol. The second-order valence-electron chi connectivity index (χ2n) is 5.66. The highest BCUT2D eigenvalue weighted by Gasteiger charge is 2.15. The van der Waals surface area contributed by atoms with E-state index in [1.165, 1.54) is 6.08 Å². The number of hydrogen-bond donors (Lipinski definition) is 0. The molecule has 0 fully saturated rings. The van der Waals surface area contributed by atoms with Crippen molar-refractivity contribution in [3.63, 3.8) is 0 Å². The Balaban J connectivity index is 2.37. The predicted octanol–water partition coefficient (Wildman–Crippen LogP) is 3.75. The van der Waals surface area contributed by atoms with Gasteiger partial charge >= 0.3 is 0 Å². The third-order valence-electron chi connectivity index (χ3n) is 4.17. The lowest BCUT2D eigenvalue weighted by Crippen LogP contribution is -2.02. The first kappa shape index (κ1) is 20.1. The van der Waals surface area contributed by atoms with Gasteiger partial charge in [-0.1, -0.05) is 12.1 Å². The van der Waals surface area contributed by atoms with E-state index in [4.69, 9.17) is 18.9 Å². The Labute approximate surface area is 158 Å². The van der Waals surface area contributed by atoms with Gasteiger partial charge in [0.2, 0.25) is 6.20 Å². The fourth-order valence-electron chi connectivity index (χ4n) is 2.87. The highest BCUT2D eigenvalue weighted by atomic mass is 16.6. The highest BCUT2D eigenvalue weighted by molar-refractivity contribution is 5.62. The second kappa shape index (κ2) is 9.47. The van der Waals surface area contributed by atoms with Gasteiger partial charge in [-0.05, 0) is 42.2 Å². The molecule has 2 aromatic carbocycles. The van der Waals surface area contributed by atoms with Gasteiger partial charge in [-0.3, -0.25) is 10.1 Å². The molecule has 0 atom stereocenters. The van der Waals surface area contributed by atoms with Crippen molar-refractivity contribution >= 4 is 6.08 Å². The first-order valence-corrected chi connectivity index (χ1v) is 8.30. The van der Waals surface area contributed by atoms with Crippen LogP contribution >= 0.6 is 0 Å². The minimum absolute atomic E-state index is 0.491. The van der Waals surface area contributed by atoms with Crippen molar-refractivity contribution in [2.24, 2.45) is 0 Å². The van der Waals surface area contributed by atoms with Gasteiger partial charge in [0.05, 0.1) is 33.4 Å². The van der Waals surface area contributed by atoms with Gasteiger partial charge in [0.15, 0.2) is 23.0 Å². The molecule has 27 heavy (non-hydrogen) atoms. The standard InChI is InChI=1S/C20H23NO6/c1-24-17-9-6-14(13-19(17)26-3)5-8-16-15(11-12-21(22)23)7-10-18(25-2)20(16)27-4/h6-7,9-13H,5,8H2,1-4H3/b12-11+. The van der Waals surface area contributed by atoms with Gasteiger partial charge < -0.3 is 18.9 Å². The molecule has 0 heterocycles. The summed E-state index contributed by atoms with van der Waals surface area (Å²) in [6, 6.07) is 9.24. The second-order valence-corrected chi connectivity index (χ2v) is 5.66. The summed E-state index contributed by atoms with van der Waals surface area (Å²) in [5.41, 5.74) is 2.59. The zero-order chi connectivity index (χ0) is 19.8. The molecule has 0 N–H and O–H groups in total. The molecular formula is C20H23NO6. The van der Waals surface area contributed by atoms with Crippen LogP contribution in [-0.2, 0) is 12.8 Å². The van der Waals surface area contributed by atoms with Crippen LogP contribution in [0.2, 0.25) is 0 Å². The number of methoxy groups -OCH3 is 4. The molecule has 7 heteroatoms. The van der Waals surface area contributed by atoms with Crippen LogP contribution in [0, 0.1) is 10.1 Å². The van der Waals surface area contributed by atoms with E-state index in [1.807, 2.05) is 18.2 Å². The van der Waals surface area contributed by atoms with E-state index in [-0.39, 0.29) is 0 Å². The van der Waals surface area contributed by atoms with Crippen molar-refractivity contribution in [1.82, 2.24) is 0 Å². The minimum atomic E-state index is -0.491. The fraction of sp³-hybridized carbons (Fsp3) is 0.300. The van der Waals surface area contributed by atoms with Crippen LogP contribution in [0.1, 0.15) is 16.7 Å². The minimum Gasteiger partial charge on any atom is -0.493 e.